The van der Waals surface area contributed by atoms with Crippen molar-refractivity contribution in [2.45, 2.75) is 64.5 Å². The third kappa shape index (κ3) is 3.70. The lowest BCUT2D eigenvalue weighted by Crippen LogP contribution is -2.16. The molecule has 0 amide bonds. The van der Waals surface area contributed by atoms with E-state index in [1.165, 1.54) is 25.7 Å². The van der Waals surface area contributed by atoms with E-state index >= 15 is 0 Å². The molecule has 0 radical (unpaired) electrons. The van der Waals surface area contributed by atoms with Crippen LogP contribution in [-0.2, 0) is 13.0 Å². The lowest BCUT2D eigenvalue weighted by molar-refractivity contribution is 0.175. The van der Waals surface area contributed by atoms with E-state index in [0.717, 1.165) is 36.4 Å². The molecule has 1 saturated carbocycles. The summed E-state index contributed by atoms with van der Waals surface area (Å²) >= 11 is 0. The summed E-state index contributed by atoms with van der Waals surface area (Å²) in [6.07, 6.45) is 8.84. The highest BCUT2D eigenvalue weighted by atomic mass is 16.5. The molecule has 3 nitrogen and oxygen atoms in total. The molecule has 1 aromatic heterocycles. The van der Waals surface area contributed by atoms with Gasteiger partial charge in [0.2, 0.25) is 5.88 Å². The van der Waals surface area contributed by atoms with Crippen LogP contribution in [0.2, 0.25) is 0 Å². The Balaban J connectivity index is 2.06. The van der Waals surface area contributed by atoms with Crippen molar-refractivity contribution >= 4 is 0 Å². The quantitative estimate of drug-likeness (QED) is 0.832. The standard InChI is InChI=1S/C15H24N2O/c1-2-13-9-12(11-16)10-15(17-13)18-14-7-5-3-4-6-8-14/h9-10,14H,2-8,11,16H2,1H3. The Kier molecular flexibility index (Phi) is 5.00. The normalized spacial score (nSPS) is 17.4. The molecule has 0 saturated heterocycles. The van der Waals surface area contributed by atoms with Crippen LogP contribution in [-0.4, -0.2) is 11.1 Å². The van der Waals surface area contributed by atoms with Crippen LogP contribution in [0.5, 0.6) is 5.88 Å². The minimum atomic E-state index is 0.345. The van der Waals surface area contributed by atoms with Gasteiger partial charge in [-0.25, -0.2) is 4.98 Å². The predicted molar refractivity (Wildman–Crippen MR) is 73.6 cm³/mol. The molecule has 0 aromatic carbocycles. The highest BCUT2D eigenvalue weighted by Crippen LogP contribution is 2.22. The van der Waals surface area contributed by atoms with Crippen molar-refractivity contribution in [3.05, 3.63) is 23.4 Å². The van der Waals surface area contributed by atoms with Crippen molar-refractivity contribution in [3.8, 4) is 5.88 Å². The number of nitrogens with two attached hydrogens (primary N) is 1. The molecule has 1 fully saturated rings. The lowest BCUT2D eigenvalue weighted by Gasteiger charge is -2.17. The van der Waals surface area contributed by atoms with Crippen molar-refractivity contribution < 1.29 is 4.74 Å². The molecule has 0 bridgehead atoms. The zero-order valence-electron chi connectivity index (χ0n) is 11.3. The van der Waals surface area contributed by atoms with Crippen LogP contribution in [0.15, 0.2) is 12.1 Å². The fourth-order valence-corrected chi connectivity index (χ4v) is 2.51. The first kappa shape index (κ1) is 13.3. The number of aryl methyl sites for hydroxylation is 1. The van der Waals surface area contributed by atoms with Crippen molar-refractivity contribution in [1.82, 2.24) is 4.98 Å². The van der Waals surface area contributed by atoms with Gasteiger partial charge in [0.05, 0.1) is 0 Å². The van der Waals surface area contributed by atoms with E-state index in [0.29, 0.717) is 12.6 Å². The van der Waals surface area contributed by atoms with Gasteiger partial charge in [-0.3, -0.25) is 0 Å². The maximum absolute atomic E-state index is 6.05. The molecule has 18 heavy (non-hydrogen) atoms. The molecule has 1 aromatic rings. The minimum absolute atomic E-state index is 0.345. The number of hydrogen-bond donors (Lipinski definition) is 1. The van der Waals surface area contributed by atoms with Crippen molar-refractivity contribution in [2.75, 3.05) is 0 Å². The summed E-state index contributed by atoms with van der Waals surface area (Å²) < 4.78 is 6.05. The lowest BCUT2D eigenvalue weighted by atomic mass is 10.1. The van der Waals surface area contributed by atoms with Gasteiger partial charge in [-0.1, -0.05) is 19.8 Å². The maximum Gasteiger partial charge on any atom is 0.214 e. The highest BCUT2D eigenvalue weighted by Gasteiger charge is 2.14. The van der Waals surface area contributed by atoms with Crippen molar-refractivity contribution in [1.29, 1.82) is 0 Å². The second-order valence-corrected chi connectivity index (χ2v) is 5.09. The first-order valence-corrected chi connectivity index (χ1v) is 7.18. The number of ether oxygens (including phenoxy) is 1. The summed E-state index contributed by atoms with van der Waals surface area (Å²) in [5.41, 5.74) is 7.90. The van der Waals surface area contributed by atoms with E-state index in [1.54, 1.807) is 0 Å². The molecular weight excluding hydrogens is 224 g/mol. The molecule has 2 N–H and O–H groups in total. The second kappa shape index (κ2) is 6.74. The van der Waals surface area contributed by atoms with Gasteiger partial charge < -0.3 is 10.5 Å². The molecule has 100 valence electrons. The van der Waals surface area contributed by atoms with Gasteiger partial charge >= 0.3 is 0 Å². The summed E-state index contributed by atoms with van der Waals surface area (Å²) in [7, 11) is 0. The monoisotopic (exact) mass is 248 g/mol. The first-order chi connectivity index (χ1) is 8.81. The largest absolute Gasteiger partial charge is 0.474 e. The van der Waals surface area contributed by atoms with Crippen LogP contribution in [0.4, 0.5) is 0 Å². The van der Waals surface area contributed by atoms with E-state index in [9.17, 15) is 0 Å². The van der Waals surface area contributed by atoms with Crippen molar-refractivity contribution in [3.63, 3.8) is 0 Å². The van der Waals surface area contributed by atoms with E-state index in [-0.39, 0.29) is 0 Å². The molecule has 3 heteroatoms. The number of nitrogens with zero attached hydrogens (tertiary/aromatic N) is 1. The van der Waals surface area contributed by atoms with Crippen LogP contribution >= 0.6 is 0 Å². The van der Waals surface area contributed by atoms with Crippen LogP contribution in [0.1, 0.15) is 56.7 Å². The van der Waals surface area contributed by atoms with E-state index < -0.39 is 0 Å². The van der Waals surface area contributed by atoms with Crippen molar-refractivity contribution in [2.24, 2.45) is 5.73 Å². The predicted octanol–water partition coefficient (Wildman–Crippen LogP) is 3.20. The average Bonchev–Trinajstić information content (AvgIpc) is 2.67. The highest BCUT2D eigenvalue weighted by molar-refractivity contribution is 5.25. The van der Waals surface area contributed by atoms with Gasteiger partial charge in [-0.15, -0.1) is 0 Å². The molecular formula is C15H24N2O. The summed E-state index contributed by atoms with van der Waals surface area (Å²) in [6.45, 7) is 2.66. The molecule has 0 unspecified atom stereocenters. The number of aromatic nitrogens is 1. The zero-order valence-corrected chi connectivity index (χ0v) is 11.3. The Morgan fingerprint density at radius 1 is 1.22 bits per heavy atom. The molecule has 1 heterocycles. The Morgan fingerprint density at radius 2 is 1.94 bits per heavy atom. The van der Waals surface area contributed by atoms with E-state index in [2.05, 4.69) is 18.0 Å². The van der Waals surface area contributed by atoms with Crippen LogP contribution < -0.4 is 10.5 Å². The van der Waals surface area contributed by atoms with Gasteiger partial charge in [0, 0.05) is 18.3 Å². The van der Waals surface area contributed by atoms with E-state index in [4.69, 9.17) is 10.5 Å². The van der Waals surface area contributed by atoms with Gasteiger partial charge in [0.1, 0.15) is 6.10 Å². The molecule has 0 aliphatic heterocycles. The van der Waals surface area contributed by atoms with Gasteiger partial charge in [-0.05, 0) is 43.7 Å². The minimum Gasteiger partial charge on any atom is -0.474 e. The summed E-state index contributed by atoms with van der Waals surface area (Å²) in [4.78, 5) is 4.55. The molecule has 1 aliphatic rings. The fraction of sp³-hybridized carbons (Fsp3) is 0.667. The van der Waals surface area contributed by atoms with Crippen LogP contribution in [0.3, 0.4) is 0 Å². The Bertz CT molecular complexity index is 349. The van der Waals surface area contributed by atoms with Gasteiger partial charge in [-0.2, -0.15) is 0 Å². The van der Waals surface area contributed by atoms with E-state index in [1.807, 2.05) is 6.07 Å². The van der Waals surface area contributed by atoms with Gasteiger partial charge in [0.15, 0.2) is 0 Å². The number of rotatable bonds is 4. The Morgan fingerprint density at radius 3 is 2.56 bits per heavy atom. The number of pyridine rings is 1. The first-order valence-electron chi connectivity index (χ1n) is 7.18. The summed E-state index contributed by atoms with van der Waals surface area (Å²) in [5, 5.41) is 0. The Hall–Kier alpha value is -1.09. The van der Waals surface area contributed by atoms with Crippen LogP contribution in [0, 0.1) is 0 Å². The summed E-state index contributed by atoms with van der Waals surface area (Å²) in [6, 6.07) is 4.06. The molecule has 0 spiro atoms. The average molecular weight is 248 g/mol. The number of hydrogen-bond acceptors (Lipinski definition) is 3. The topological polar surface area (TPSA) is 48.1 Å². The van der Waals surface area contributed by atoms with Gasteiger partial charge in [0.25, 0.3) is 0 Å². The fourth-order valence-electron chi connectivity index (χ4n) is 2.51. The molecule has 1 aliphatic carbocycles. The SMILES string of the molecule is CCc1cc(CN)cc(OC2CCCCCC2)n1. The smallest absolute Gasteiger partial charge is 0.214 e. The zero-order chi connectivity index (χ0) is 12.8. The molecule has 2 rings (SSSR count). The Labute approximate surface area is 110 Å². The maximum atomic E-state index is 6.05. The second-order valence-electron chi connectivity index (χ2n) is 5.09. The van der Waals surface area contributed by atoms with Crippen LogP contribution in [0.25, 0.3) is 0 Å². The summed E-state index contributed by atoms with van der Waals surface area (Å²) in [5.74, 6) is 0.765. The third-order valence-corrected chi connectivity index (χ3v) is 3.60. The third-order valence-electron chi connectivity index (χ3n) is 3.60. The molecule has 0 atom stereocenters.